The van der Waals surface area contributed by atoms with E-state index in [0.717, 1.165) is 45.3 Å². The first-order chi connectivity index (χ1) is 12.7. The molecule has 0 aromatic carbocycles. The lowest BCUT2D eigenvalue weighted by atomic mass is 9.91. The van der Waals surface area contributed by atoms with E-state index in [0.29, 0.717) is 32.0 Å². The van der Waals surface area contributed by atoms with Crippen molar-refractivity contribution in [1.82, 2.24) is 9.80 Å². The quantitative estimate of drug-likeness (QED) is 0.645. The van der Waals surface area contributed by atoms with Crippen molar-refractivity contribution in [2.24, 2.45) is 17.3 Å². The molecule has 2 fully saturated rings. The molecule has 0 radical (unpaired) electrons. The van der Waals surface area contributed by atoms with E-state index in [1.54, 1.807) is 0 Å². The highest BCUT2D eigenvalue weighted by Crippen LogP contribution is 2.25. The van der Waals surface area contributed by atoms with Crippen molar-refractivity contribution in [1.29, 1.82) is 0 Å². The molecule has 2 unspecified atom stereocenters. The lowest BCUT2D eigenvalue weighted by Crippen LogP contribution is -2.40. The molecule has 2 rings (SSSR count). The maximum absolute atomic E-state index is 12.5. The summed E-state index contributed by atoms with van der Waals surface area (Å²) in [6, 6.07) is 0.201. The number of hydrogen-bond acceptors (Lipinski definition) is 3. The summed E-state index contributed by atoms with van der Waals surface area (Å²) in [6.45, 7) is 14.5. The number of ether oxygens (including phenoxy) is 1. The minimum Gasteiger partial charge on any atom is -0.379 e. The molecule has 0 bridgehead atoms. The Hall–Kier alpha value is -1.10. The van der Waals surface area contributed by atoms with Crippen molar-refractivity contribution in [2.45, 2.75) is 79.2 Å². The average molecular weight is 381 g/mol. The normalized spacial score (nSPS) is 24.5. The Bertz CT molecular complexity index is 500. The number of hydrogen-bond donors (Lipinski definition) is 0. The third-order valence-electron chi connectivity index (χ3n) is 5.83. The van der Waals surface area contributed by atoms with Crippen molar-refractivity contribution >= 4 is 11.8 Å². The fraction of sp³-hybridized carbons (Fsp3) is 0.909. The van der Waals surface area contributed by atoms with Gasteiger partial charge in [0.1, 0.15) is 0 Å². The molecule has 0 spiro atoms. The van der Waals surface area contributed by atoms with Gasteiger partial charge >= 0.3 is 0 Å². The minimum absolute atomic E-state index is 0.0202. The molecule has 3 atom stereocenters. The maximum atomic E-state index is 12.5. The summed E-state index contributed by atoms with van der Waals surface area (Å²) in [7, 11) is 0. The van der Waals surface area contributed by atoms with Crippen LogP contribution >= 0.6 is 0 Å². The van der Waals surface area contributed by atoms with Crippen LogP contribution in [0.4, 0.5) is 0 Å². The van der Waals surface area contributed by atoms with Gasteiger partial charge in [0.25, 0.3) is 0 Å². The largest absolute Gasteiger partial charge is 0.379 e. The van der Waals surface area contributed by atoms with Crippen LogP contribution in [0, 0.1) is 17.3 Å². The van der Waals surface area contributed by atoms with E-state index in [1.165, 1.54) is 0 Å². The predicted molar refractivity (Wildman–Crippen MR) is 108 cm³/mol. The average Bonchev–Trinajstić information content (AvgIpc) is 3.22. The van der Waals surface area contributed by atoms with Gasteiger partial charge < -0.3 is 14.5 Å². The molecule has 27 heavy (non-hydrogen) atoms. The second-order valence-electron chi connectivity index (χ2n) is 9.87. The first-order valence-corrected chi connectivity index (χ1v) is 10.8. The molecule has 156 valence electrons. The standard InChI is InChI=1S/C22H40N2O3/c1-6-18-9-11-23(14-18)20(25)12-17(2)15-27-16-19-8-7-10-24(19)21(26)13-22(3,4)5/h17-19H,6-16H2,1-5H3/t17?,18?,19-/m0/s1. The smallest absolute Gasteiger partial charge is 0.223 e. The minimum atomic E-state index is 0.0202. The summed E-state index contributed by atoms with van der Waals surface area (Å²) < 4.78 is 5.93. The van der Waals surface area contributed by atoms with E-state index < -0.39 is 0 Å². The van der Waals surface area contributed by atoms with Gasteiger partial charge in [-0.15, -0.1) is 0 Å². The SMILES string of the molecule is CCC1CCN(C(=O)CC(C)COC[C@@H]2CCCN2C(=O)CC(C)(C)C)C1. The zero-order valence-electron chi connectivity index (χ0n) is 18.1. The molecule has 0 aromatic rings. The summed E-state index contributed by atoms with van der Waals surface area (Å²) in [5.41, 5.74) is 0.0202. The summed E-state index contributed by atoms with van der Waals surface area (Å²) in [5.74, 6) is 1.42. The van der Waals surface area contributed by atoms with Gasteiger partial charge in [0.05, 0.1) is 12.6 Å². The van der Waals surface area contributed by atoms with Crippen LogP contribution in [-0.2, 0) is 14.3 Å². The molecule has 2 amide bonds. The van der Waals surface area contributed by atoms with Crippen molar-refractivity contribution in [3.05, 3.63) is 0 Å². The number of rotatable bonds is 8. The van der Waals surface area contributed by atoms with Crippen molar-refractivity contribution in [3.8, 4) is 0 Å². The van der Waals surface area contributed by atoms with Crippen LogP contribution in [-0.4, -0.2) is 60.5 Å². The van der Waals surface area contributed by atoms with Gasteiger partial charge in [-0.3, -0.25) is 9.59 Å². The van der Waals surface area contributed by atoms with Crippen LogP contribution in [0.1, 0.15) is 73.1 Å². The number of carbonyl (C=O) groups is 2. The van der Waals surface area contributed by atoms with Gasteiger partial charge in [-0.2, -0.15) is 0 Å². The van der Waals surface area contributed by atoms with E-state index in [2.05, 4.69) is 34.6 Å². The summed E-state index contributed by atoms with van der Waals surface area (Å²) in [6.07, 6.45) is 5.54. The van der Waals surface area contributed by atoms with Gasteiger partial charge in [-0.25, -0.2) is 0 Å². The first-order valence-electron chi connectivity index (χ1n) is 10.8. The number of carbonyl (C=O) groups excluding carboxylic acids is 2. The molecule has 0 aromatic heterocycles. The molecule has 5 nitrogen and oxygen atoms in total. The summed E-state index contributed by atoms with van der Waals surface area (Å²) in [5, 5.41) is 0. The lowest BCUT2D eigenvalue weighted by Gasteiger charge is -2.28. The predicted octanol–water partition coefficient (Wildman–Crippen LogP) is 3.71. The summed E-state index contributed by atoms with van der Waals surface area (Å²) in [4.78, 5) is 29.0. The van der Waals surface area contributed by atoms with Gasteiger partial charge in [-0.05, 0) is 36.5 Å². The molecule has 2 heterocycles. The van der Waals surface area contributed by atoms with Crippen molar-refractivity contribution < 1.29 is 14.3 Å². The van der Waals surface area contributed by atoms with E-state index in [1.807, 2.05) is 9.80 Å². The molecular weight excluding hydrogens is 340 g/mol. The third kappa shape index (κ3) is 7.10. The van der Waals surface area contributed by atoms with E-state index >= 15 is 0 Å². The zero-order valence-corrected chi connectivity index (χ0v) is 18.1. The van der Waals surface area contributed by atoms with E-state index in [-0.39, 0.29) is 29.2 Å². The Morgan fingerprint density at radius 3 is 2.52 bits per heavy atom. The summed E-state index contributed by atoms with van der Waals surface area (Å²) >= 11 is 0. The molecule has 0 N–H and O–H groups in total. The first kappa shape index (κ1) is 22.2. The second-order valence-corrected chi connectivity index (χ2v) is 9.87. The van der Waals surface area contributed by atoms with Crippen LogP contribution in [0.15, 0.2) is 0 Å². The number of amides is 2. The lowest BCUT2D eigenvalue weighted by molar-refractivity contribution is -0.135. The van der Waals surface area contributed by atoms with Gasteiger partial charge in [0, 0.05) is 39.1 Å². The molecule has 5 heteroatoms. The monoisotopic (exact) mass is 380 g/mol. The Morgan fingerprint density at radius 1 is 1.15 bits per heavy atom. The second kappa shape index (κ2) is 9.90. The maximum Gasteiger partial charge on any atom is 0.223 e. The van der Waals surface area contributed by atoms with Crippen molar-refractivity contribution in [2.75, 3.05) is 32.8 Å². The fourth-order valence-electron chi connectivity index (χ4n) is 4.18. The molecule has 0 saturated carbocycles. The topological polar surface area (TPSA) is 49.9 Å². The highest BCUT2D eigenvalue weighted by Gasteiger charge is 2.31. The zero-order chi connectivity index (χ0) is 20.0. The Labute approximate surface area is 165 Å². The van der Waals surface area contributed by atoms with E-state index in [9.17, 15) is 9.59 Å². The Morgan fingerprint density at radius 2 is 1.89 bits per heavy atom. The number of nitrogens with zero attached hydrogens (tertiary/aromatic N) is 2. The van der Waals surface area contributed by atoms with Crippen LogP contribution in [0.25, 0.3) is 0 Å². The van der Waals surface area contributed by atoms with Gasteiger partial charge in [-0.1, -0.05) is 41.0 Å². The van der Waals surface area contributed by atoms with Gasteiger partial charge in [0.2, 0.25) is 11.8 Å². The van der Waals surface area contributed by atoms with Crippen LogP contribution < -0.4 is 0 Å². The Balaban J connectivity index is 1.68. The van der Waals surface area contributed by atoms with Crippen LogP contribution in [0.3, 0.4) is 0 Å². The molecule has 2 saturated heterocycles. The van der Waals surface area contributed by atoms with Crippen molar-refractivity contribution in [3.63, 3.8) is 0 Å². The molecule has 2 aliphatic heterocycles. The molecular formula is C22H40N2O3. The van der Waals surface area contributed by atoms with Crippen LogP contribution in [0.2, 0.25) is 0 Å². The molecule has 2 aliphatic rings. The highest BCUT2D eigenvalue weighted by molar-refractivity contribution is 5.77. The highest BCUT2D eigenvalue weighted by atomic mass is 16.5. The third-order valence-corrected chi connectivity index (χ3v) is 5.83. The Kier molecular flexibility index (Phi) is 8.14. The molecule has 0 aliphatic carbocycles. The van der Waals surface area contributed by atoms with Crippen LogP contribution in [0.5, 0.6) is 0 Å². The van der Waals surface area contributed by atoms with E-state index in [4.69, 9.17) is 4.74 Å². The fourth-order valence-corrected chi connectivity index (χ4v) is 4.18. The van der Waals surface area contributed by atoms with Gasteiger partial charge in [0.15, 0.2) is 0 Å². The number of likely N-dealkylation sites (tertiary alicyclic amines) is 2.